The Balaban J connectivity index is 1.36. The minimum atomic E-state index is 0.573. The summed E-state index contributed by atoms with van der Waals surface area (Å²) < 4.78 is 0. The van der Waals surface area contributed by atoms with Crippen molar-refractivity contribution in [2.75, 3.05) is 36.4 Å². The summed E-state index contributed by atoms with van der Waals surface area (Å²) in [6.45, 7) is 7.17. The Morgan fingerprint density at radius 3 is 2.44 bits per heavy atom. The summed E-state index contributed by atoms with van der Waals surface area (Å²) in [5.41, 5.74) is 2.43. The van der Waals surface area contributed by atoms with Crippen molar-refractivity contribution >= 4 is 11.8 Å². The summed E-state index contributed by atoms with van der Waals surface area (Å²) in [6, 6.07) is 13.4. The van der Waals surface area contributed by atoms with Crippen LogP contribution in [-0.4, -0.2) is 47.1 Å². The molecule has 0 atom stereocenters. The van der Waals surface area contributed by atoms with Crippen molar-refractivity contribution in [3.05, 3.63) is 47.7 Å². The average molecular weight is 366 g/mol. The zero-order valence-corrected chi connectivity index (χ0v) is 16.4. The second kappa shape index (κ2) is 8.70. The normalized spacial score (nSPS) is 19.2. The molecule has 27 heavy (non-hydrogen) atoms. The maximum atomic E-state index is 4.85. The Bertz CT molecular complexity index is 719. The van der Waals surface area contributed by atoms with Crippen molar-refractivity contribution in [2.45, 2.75) is 51.6 Å². The molecule has 0 amide bonds. The maximum absolute atomic E-state index is 4.85. The van der Waals surface area contributed by atoms with E-state index in [2.05, 4.69) is 58.4 Å². The first-order chi connectivity index (χ1) is 13.3. The molecular weight excluding hydrogens is 334 g/mol. The number of nitrogens with one attached hydrogen (secondary N) is 1. The van der Waals surface area contributed by atoms with Gasteiger partial charge in [-0.05, 0) is 25.3 Å². The van der Waals surface area contributed by atoms with Gasteiger partial charge < -0.3 is 10.2 Å². The number of aromatic nitrogens is 2. The molecule has 1 saturated heterocycles. The Morgan fingerprint density at radius 2 is 1.70 bits per heavy atom. The first kappa shape index (κ1) is 18.2. The van der Waals surface area contributed by atoms with Crippen LogP contribution < -0.4 is 10.2 Å². The van der Waals surface area contributed by atoms with E-state index in [0.29, 0.717) is 6.04 Å². The quantitative estimate of drug-likeness (QED) is 0.872. The van der Waals surface area contributed by atoms with Crippen molar-refractivity contribution in [2.24, 2.45) is 0 Å². The van der Waals surface area contributed by atoms with Crippen LogP contribution in [-0.2, 0) is 6.54 Å². The fraction of sp³-hybridized carbons (Fsp3) is 0.545. The van der Waals surface area contributed by atoms with Crippen LogP contribution in [0.4, 0.5) is 11.8 Å². The smallest absolute Gasteiger partial charge is 0.227 e. The largest absolute Gasteiger partial charge is 0.367 e. The van der Waals surface area contributed by atoms with Gasteiger partial charge in [0.05, 0.1) is 0 Å². The molecule has 0 bridgehead atoms. The summed E-state index contributed by atoms with van der Waals surface area (Å²) in [5, 5.41) is 3.65. The van der Waals surface area contributed by atoms with Gasteiger partial charge in [-0.3, -0.25) is 4.90 Å². The third-order valence-corrected chi connectivity index (χ3v) is 5.70. The highest BCUT2D eigenvalue weighted by Gasteiger charge is 2.20. The van der Waals surface area contributed by atoms with Gasteiger partial charge in [-0.15, -0.1) is 0 Å². The molecule has 0 spiro atoms. The highest BCUT2D eigenvalue weighted by Crippen LogP contribution is 2.22. The lowest BCUT2D eigenvalue weighted by atomic mass is 9.95. The van der Waals surface area contributed by atoms with Crippen molar-refractivity contribution in [3.63, 3.8) is 0 Å². The van der Waals surface area contributed by atoms with Gasteiger partial charge in [0.15, 0.2) is 0 Å². The average Bonchev–Trinajstić information content (AvgIpc) is 2.70. The van der Waals surface area contributed by atoms with E-state index in [1.54, 1.807) is 0 Å². The first-order valence-corrected chi connectivity index (χ1v) is 10.4. The van der Waals surface area contributed by atoms with Gasteiger partial charge in [0.25, 0.3) is 0 Å². The summed E-state index contributed by atoms with van der Waals surface area (Å²) in [7, 11) is 0. The molecule has 4 rings (SSSR count). The summed E-state index contributed by atoms with van der Waals surface area (Å²) >= 11 is 0. The number of rotatable bonds is 5. The highest BCUT2D eigenvalue weighted by atomic mass is 15.3. The predicted octanol–water partition coefficient (Wildman–Crippen LogP) is 3.85. The lowest BCUT2D eigenvalue weighted by Gasteiger charge is -2.35. The standard InChI is InChI=1S/C22H31N5/c1-18-16-21(24-20-10-6-3-7-11-20)25-22(23-18)27-14-12-26(13-15-27)17-19-8-4-2-5-9-19/h2,4-5,8-9,16,20H,3,6-7,10-15,17H2,1H3,(H,23,24,25). The SMILES string of the molecule is Cc1cc(NC2CCCCC2)nc(N2CCN(Cc3ccccc3)CC2)n1. The van der Waals surface area contributed by atoms with Crippen LogP contribution in [0.15, 0.2) is 36.4 Å². The Kier molecular flexibility index (Phi) is 5.87. The van der Waals surface area contributed by atoms with Gasteiger partial charge >= 0.3 is 0 Å². The monoisotopic (exact) mass is 365 g/mol. The van der Waals surface area contributed by atoms with Crippen LogP contribution in [0.3, 0.4) is 0 Å². The van der Waals surface area contributed by atoms with Gasteiger partial charge in [0, 0.05) is 50.5 Å². The molecule has 2 fully saturated rings. The number of anilines is 2. The van der Waals surface area contributed by atoms with E-state index < -0.39 is 0 Å². The highest BCUT2D eigenvalue weighted by molar-refractivity contribution is 5.44. The Hall–Kier alpha value is -2.14. The van der Waals surface area contributed by atoms with Crippen LogP contribution in [0.5, 0.6) is 0 Å². The molecule has 0 radical (unpaired) electrons. The van der Waals surface area contributed by atoms with Gasteiger partial charge in [0.2, 0.25) is 5.95 Å². The summed E-state index contributed by atoms with van der Waals surface area (Å²) in [5.74, 6) is 1.88. The molecule has 2 aliphatic rings. The van der Waals surface area contributed by atoms with Crippen LogP contribution in [0, 0.1) is 6.92 Å². The number of benzene rings is 1. The van der Waals surface area contributed by atoms with Gasteiger partial charge in [-0.1, -0.05) is 49.6 Å². The van der Waals surface area contributed by atoms with Crippen LogP contribution in [0.1, 0.15) is 43.4 Å². The molecule has 1 aliphatic heterocycles. The topological polar surface area (TPSA) is 44.3 Å². The number of nitrogens with zero attached hydrogens (tertiary/aromatic N) is 4. The van der Waals surface area contributed by atoms with E-state index in [-0.39, 0.29) is 0 Å². The molecule has 144 valence electrons. The molecule has 2 aromatic rings. The molecule has 1 aromatic carbocycles. The van der Waals surface area contributed by atoms with Crippen LogP contribution in [0.2, 0.25) is 0 Å². The summed E-state index contributed by atoms with van der Waals surface area (Å²) in [6.07, 6.45) is 6.56. The van der Waals surface area contributed by atoms with Crippen molar-refractivity contribution < 1.29 is 0 Å². The predicted molar refractivity (Wildman–Crippen MR) is 111 cm³/mol. The molecule has 1 N–H and O–H groups in total. The molecule has 5 heteroatoms. The van der Waals surface area contributed by atoms with Crippen LogP contribution >= 0.6 is 0 Å². The van der Waals surface area contributed by atoms with E-state index in [1.807, 2.05) is 0 Å². The first-order valence-electron chi connectivity index (χ1n) is 10.4. The second-order valence-electron chi connectivity index (χ2n) is 7.92. The number of piperazine rings is 1. The fourth-order valence-corrected chi connectivity index (χ4v) is 4.17. The van der Waals surface area contributed by atoms with E-state index in [1.165, 1.54) is 37.7 Å². The second-order valence-corrected chi connectivity index (χ2v) is 7.92. The fourth-order valence-electron chi connectivity index (χ4n) is 4.17. The van der Waals surface area contributed by atoms with Crippen molar-refractivity contribution in [1.82, 2.24) is 14.9 Å². The van der Waals surface area contributed by atoms with Gasteiger partial charge in [0.1, 0.15) is 5.82 Å². The molecular formula is C22H31N5. The van der Waals surface area contributed by atoms with Crippen LogP contribution in [0.25, 0.3) is 0 Å². The van der Waals surface area contributed by atoms with Gasteiger partial charge in [-0.2, -0.15) is 4.98 Å². The van der Waals surface area contributed by atoms with Crippen molar-refractivity contribution in [1.29, 1.82) is 0 Å². The molecule has 1 aliphatic carbocycles. The lowest BCUT2D eigenvalue weighted by Crippen LogP contribution is -2.46. The minimum Gasteiger partial charge on any atom is -0.367 e. The molecule has 2 heterocycles. The Labute approximate surface area is 162 Å². The number of hydrogen-bond acceptors (Lipinski definition) is 5. The zero-order valence-electron chi connectivity index (χ0n) is 16.4. The lowest BCUT2D eigenvalue weighted by molar-refractivity contribution is 0.248. The molecule has 0 unspecified atom stereocenters. The van der Waals surface area contributed by atoms with Gasteiger partial charge in [-0.25, -0.2) is 4.98 Å². The number of aryl methyl sites for hydroxylation is 1. The summed E-state index contributed by atoms with van der Waals surface area (Å²) in [4.78, 5) is 14.4. The molecule has 1 saturated carbocycles. The van der Waals surface area contributed by atoms with E-state index in [9.17, 15) is 0 Å². The third-order valence-electron chi connectivity index (χ3n) is 5.70. The van der Waals surface area contributed by atoms with E-state index in [0.717, 1.165) is 50.2 Å². The minimum absolute atomic E-state index is 0.573. The van der Waals surface area contributed by atoms with Crippen molar-refractivity contribution in [3.8, 4) is 0 Å². The number of hydrogen-bond donors (Lipinski definition) is 1. The third kappa shape index (κ3) is 4.98. The van der Waals surface area contributed by atoms with E-state index >= 15 is 0 Å². The maximum Gasteiger partial charge on any atom is 0.227 e. The zero-order chi connectivity index (χ0) is 18.5. The van der Waals surface area contributed by atoms with E-state index in [4.69, 9.17) is 9.97 Å². The Morgan fingerprint density at radius 1 is 0.963 bits per heavy atom. The molecule has 5 nitrogen and oxygen atoms in total. The molecule has 1 aromatic heterocycles.